The molecule has 126 valence electrons. The van der Waals surface area contributed by atoms with Crippen LogP contribution in [0.5, 0.6) is 0 Å². The van der Waals surface area contributed by atoms with Gasteiger partial charge in [-0.25, -0.2) is 4.39 Å². The van der Waals surface area contributed by atoms with E-state index in [4.69, 9.17) is 4.74 Å². The minimum Gasteiger partial charge on any atom is -0.369 e. The summed E-state index contributed by atoms with van der Waals surface area (Å²) in [5.74, 6) is -0.349. The van der Waals surface area contributed by atoms with Gasteiger partial charge in [0.2, 0.25) is 0 Å². The first-order valence-electron chi connectivity index (χ1n) is 8.13. The van der Waals surface area contributed by atoms with Gasteiger partial charge in [-0.1, -0.05) is 35.9 Å². The first-order valence-corrected chi connectivity index (χ1v) is 8.13. The maximum Gasteiger partial charge on any atom is 0.254 e. The van der Waals surface area contributed by atoms with Crippen molar-refractivity contribution >= 4 is 5.91 Å². The predicted molar refractivity (Wildman–Crippen MR) is 91.4 cm³/mol. The van der Waals surface area contributed by atoms with Crippen molar-refractivity contribution in [2.24, 2.45) is 0 Å². The Hall–Kier alpha value is -2.20. The summed E-state index contributed by atoms with van der Waals surface area (Å²) in [7, 11) is 0. The topological polar surface area (TPSA) is 29.5 Å². The fourth-order valence-corrected chi connectivity index (χ4v) is 3.06. The molecular formula is C20H22FNO2. The summed E-state index contributed by atoms with van der Waals surface area (Å²) in [6.45, 7) is 6.60. The molecule has 0 aliphatic carbocycles. The van der Waals surface area contributed by atoms with Gasteiger partial charge in [0.05, 0.1) is 18.7 Å². The number of benzene rings is 2. The summed E-state index contributed by atoms with van der Waals surface area (Å²) in [6, 6.07) is 14.1. The van der Waals surface area contributed by atoms with Crippen molar-refractivity contribution in [3.63, 3.8) is 0 Å². The van der Waals surface area contributed by atoms with Crippen molar-refractivity contribution in [1.29, 1.82) is 0 Å². The molecule has 2 aromatic rings. The maximum absolute atomic E-state index is 14.1. The number of hydrogen-bond donors (Lipinski definition) is 0. The molecule has 3 nitrogen and oxygen atoms in total. The number of ether oxygens (including phenoxy) is 1. The highest BCUT2D eigenvalue weighted by Crippen LogP contribution is 2.32. The maximum atomic E-state index is 14.1. The third-order valence-electron chi connectivity index (χ3n) is 4.48. The van der Waals surface area contributed by atoms with Crippen LogP contribution in [0.2, 0.25) is 0 Å². The van der Waals surface area contributed by atoms with Gasteiger partial charge >= 0.3 is 0 Å². The minimum atomic E-state index is -0.451. The molecule has 1 saturated heterocycles. The standard InChI is InChI=1S/C20H22FNO2/c1-14-7-6-8-15(11-14)19(23)22-12-18(24-13-20(22,2)3)16-9-4-5-10-17(16)21/h4-11,18H,12-13H2,1-3H3. The number of morpholine rings is 1. The summed E-state index contributed by atoms with van der Waals surface area (Å²) >= 11 is 0. The summed E-state index contributed by atoms with van der Waals surface area (Å²) in [5.41, 5.74) is 1.74. The van der Waals surface area contributed by atoms with E-state index in [1.807, 2.05) is 45.0 Å². The Morgan fingerprint density at radius 1 is 1.21 bits per heavy atom. The molecule has 4 heteroatoms. The zero-order chi connectivity index (χ0) is 17.3. The molecule has 0 N–H and O–H groups in total. The minimum absolute atomic E-state index is 0.0478. The molecule has 0 saturated carbocycles. The Balaban J connectivity index is 1.90. The van der Waals surface area contributed by atoms with E-state index in [1.165, 1.54) is 6.07 Å². The molecule has 1 atom stereocenters. The lowest BCUT2D eigenvalue weighted by Gasteiger charge is -2.45. The Bertz CT molecular complexity index is 757. The van der Waals surface area contributed by atoms with Gasteiger partial charge in [0.15, 0.2) is 0 Å². The van der Waals surface area contributed by atoms with E-state index in [-0.39, 0.29) is 11.7 Å². The monoisotopic (exact) mass is 327 g/mol. The van der Waals surface area contributed by atoms with Crippen LogP contribution in [-0.4, -0.2) is 29.5 Å². The largest absolute Gasteiger partial charge is 0.369 e. The number of carbonyl (C=O) groups excluding carboxylic acids is 1. The van der Waals surface area contributed by atoms with Gasteiger partial charge in [0.25, 0.3) is 5.91 Å². The number of halogens is 1. The number of aryl methyl sites for hydroxylation is 1. The van der Waals surface area contributed by atoms with Gasteiger partial charge in [0, 0.05) is 11.1 Å². The lowest BCUT2D eigenvalue weighted by atomic mass is 9.96. The third-order valence-corrected chi connectivity index (χ3v) is 4.48. The summed E-state index contributed by atoms with van der Waals surface area (Å²) < 4.78 is 20.0. The molecule has 0 radical (unpaired) electrons. The van der Waals surface area contributed by atoms with E-state index in [0.717, 1.165) is 5.56 Å². The second-order valence-corrected chi connectivity index (χ2v) is 6.92. The third kappa shape index (κ3) is 3.20. The van der Waals surface area contributed by atoms with Gasteiger partial charge in [-0.05, 0) is 39.0 Å². The normalized spacial score (nSPS) is 20.0. The lowest BCUT2D eigenvalue weighted by Crippen LogP contribution is -2.56. The average molecular weight is 327 g/mol. The second kappa shape index (κ2) is 6.36. The first-order chi connectivity index (χ1) is 11.4. The number of rotatable bonds is 2. The molecule has 1 fully saturated rings. The van der Waals surface area contributed by atoms with Crippen LogP contribution < -0.4 is 0 Å². The van der Waals surface area contributed by atoms with E-state index in [0.29, 0.717) is 24.3 Å². The van der Waals surface area contributed by atoms with Crippen LogP contribution in [-0.2, 0) is 4.74 Å². The van der Waals surface area contributed by atoms with Crippen LogP contribution >= 0.6 is 0 Å². The van der Waals surface area contributed by atoms with Gasteiger partial charge in [0.1, 0.15) is 11.9 Å². The highest BCUT2D eigenvalue weighted by Gasteiger charge is 2.39. The number of hydrogen-bond acceptors (Lipinski definition) is 2. The van der Waals surface area contributed by atoms with Crippen molar-refractivity contribution in [2.45, 2.75) is 32.4 Å². The molecule has 2 aromatic carbocycles. The van der Waals surface area contributed by atoms with Gasteiger partial charge in [-0.2, -0.15) is 0 Å². The number of carbonyl (C=O) groups is 1. The Morgan fingerprint density at radius 3 is 2.67 bits per heavy atom. The average Bonchev–Trinajstić information content (AvgIpc) is 2.55. The molecular weight excluding hydrogens is 305 g/mol. The highest BCUT2D eigenvalue weighted by atomic mass is 19.1. The van der Waals surface area contributed by atoms with Crippen LogP contribution in [0.25, 0.3) is 0 Å². The Labute approximate surface area is 142 Å². The van der Waals surface area contributed by atoms with Crippen LogP contribution in [0.3, 0.4) is 0 Å². The molecule has 1 aliphatic heterocycles. The first kappa shape index (κ1) is 16.7. The quantitative estimate of drug-likeness (QED) is 0.830. The van der Waals surface area contributed by atoms with Gasteiger partial charge in [-0.3, -0.25) is 4.79 Å². The second-order valence-electron chi connectivity index (χ2n) is 6.92. The van der Waals surface area contributed by atoms with Crippen molar-refractivity contribution < 1.29 is 13.9 Å². The van der Waals surface area contributed by atoms with E-state index >= 15 is 0 Å². The molecule has 1 amide bonds. The van der Waals surface area contributed by atoms with Crippen LogP contribution in [0.15, 0.2) is 48.5 Å². The van der Waals surface area contributed by atoms with E-state index in [1.54, 1.807) is 23.1 Å². The molecule has 24 heavy (non-hydrogen) atoms. The molecule has 0 aromatic heterocycles. The smallest absolute Gasteiger partial charge is 0.254 e. The molecule has 1 aliphatic rings. The molecule has 3 rings (SSSR count). The van der Waals surface area contributed by atoms with E-state index in [9.17, 15) is 9.18 Å². The molecule has 0 bridgehead atoms. The summed E-state index contributed by atoms with van der Waals surface area (Å²) in [6.07, 6.45) is -0.451. The Morgan fingerprint density at radius 2 is 1.96 bits per heavy atom. The Kier molecular flexibility index (Phi) is 4.41. The van der Waals surface area contributed by atoms with Gasteiger partial charge < -0.3 is 9.64 Å². The molecule has 1 unspecified atom stereocenters. The van der Waals surface area contributed by atoms with Crippen molar-refractivity contribution in [3.05, 3.63) is 71.0 Å². The van der Waals surface area contributed by atoms with Crippen LogP contribution in [0.1, 0.15) is 41.4 Å². The van der Waals surface area contributed by atoms with Crippen molar-refractivity contribution in [1.82, 2.24) is 4.90 Å². The molecule has 0 spiro atoms. The fraction of sp³-hybridized carbons (Fsp3) is 0.350. The molecule has 1 heterocycles. The SMILES string of the molecule is Cc1cccc(C(=O)N2CC(c3ccccc3F)OCC2(C)C)c1. The summed E-state index contributed by atoms with van der Waals surface area (Å²) in [5, 5.41) is 0. The zero-order valence-corrected chi connectivity index (χ0v) is 14.3. The highest BCUT2D eigenvalue weighted by molar-refractivity contribution is 5.95. The van der Waals surface area contributed by atoms with Crippen LogP contribution in [0, 0.1) is 12.7 Å². The lowest BCUT2D eigenvalue weighted by molar-refractivity contribution is -0.0857. The van der Waals surface area contributed by atoms with Gasteiger partial charge in [-0.15, -0.1) is 0 Å². The predicted octanol–water partition coefficient (Wildman–Crippen LogP) is 4.13. The van der Waals surface area contributed by atoms with E-state index in [2.05, 4.69) is 0 Å². The number of nitrogens with zero attached hydrogens (tertiary/aromatic N) is 1. The zero-order valence-electron chi connectivity index (χ0n) is 14.3. The van der Waals surface area contributed by atoms with Crippen molar-refractivity contribution in [3.8, 4) is 0 Å². The van der Waals surface area contributed by atoms with Crippen molar-refractivity contribution in [2.75, 3.05) is 13.2 Å². The van der Waals surface area contributed by atoms with E-state index < -0.39 is 11.6 Å². The summed E-state index contributed by atoms with van der Waals surface area (Å²) in [4.78, 5) is 14.8. The van der Waals surface area contributed by atoms with Crippen LogP contribution in [0.4, 0.5) is 4.39 Å². The number of amides is 1. The fourth-order valence-electron chi connectivity index (χ4n) is 3.06.